The molecule has 108 valence electrons. The molecule has 0 saturated heterocycles. The number of aromatic nitrogens is 2. The second-order valence-electron chi connectivity index (χ2n) is 5.48. The molecule has 1 aromatic heterocycles. The van der Waals surface area contributed by atoms with Crippen molar-refractivity contribution in [3.63, 3.8) is 0 Å². The molecule has 0 aliphatic heterocycles. The lowest BCUT2D eigenvalue weighted by Crippen LogP contribution is -2.06. The van der Waals surface area contributed by atoms with Crippen molar-refractivity contribution in [2.45, 2.75) is 26.8 Å². The molecule has 2 nitrogen and oxygen atoms in total. The number of nitrogens with zero attached hydrogens (tertiary/aromatic N) is 2. The van der Waals surface area contributed by atoms with Gasteiger partial charge in [0, 0.05) is 18.8 Å². The molecule has 0 atom stereocenters. The molecule has 0 bridgehead atoms. The molecule has 3 aromatic rings. The Hall–Kier alpha value is -1.80. The standard InChI is InChI=1S/C18H19ClN2/c1-13-5-3-7-15(11-13)12-21-17(9-10-19)20-16-8-4-6-14(2)18(16)21/h3-8,11H,9-10,12H2,1-2H3. The van der Waals surface area contributed by atoms with Gasteiger partial charge in [0.2, 0.25) is 0 Å². The first-order valence-electron chi connectivity index (χ1n) is 7.25. The van der Waals surface area contributed by atoms with Crippen LogP contribution in [0.4, 0.5) is 0 Å². The number of imidazole rings is 1. The van der Waals surface area contributed by atoms with Gasteiger partial charge in [-0.3, -0.25) is 0 Å². The van der Waals surface area contributed by atoms with Gasteiger partial charge >= 0.3 is 0 Å². The van der Waals surface area contributed by atoms with E-state index in [0.29, 0.717) is 5.88 Å². The number of benzene rings is 2. The maximum atomic E-state index is 5.95. The molecule has 3 rings (SSSR count). The third-order valence-corrected chi connectivity index (χ3v) is 3.98. The van der Waals surface area contributed by atoms with Crippen LogP contribution >= 0.6 is 11.6 Å². The third kappa shape index (κ3) is 2.81. The Labute approximate surface area is 130 Å². The topological polar surface area (TPSA) is 17.8 Å². The van der Waals surface area contributed by atoms with E-state index < -0.39 is 0 Å². The Bertz CT molecular complexity index is 774. The normalized spacial score (nSPS) is 11.2. The van der Waals surface area contributed by atoms with Crippen LogP contribution in [-0.2, 0) is 13.0 Å². The zero-order valence-electron chi connectivity index (χ0n) is 12.4. The highest BCUT2D eigenvalue weighted by atomic mass is 35.5. The van der Waals surface area contributed by atoms with Gasteiger partial charge in [-0.05, 0) is 31.0 Å². The predicted octanol–water partition coefficient (Wildman–Crippen LogP) is 4.48. The van der Waals surface area contributed by atoms with Crippen molar-refractivity contribution in [2.75, 3.05) is 5.88 Å². The monoisotopic (exact) mass is 298 g/mol. The van der Waals surface area contributed by atoms with Gasteiger partial charge in [0.25, 0.3) is 0 Å². The van der Waals surface area contributed by atoms with Crippen molar-refractivity contribution in [3.05, 3.63) is 65.0 Å². The van der Waals surface area contributed by atoms with E-state index in [1.54, 1.807) is 0 Å². The van der Waals surface area contributed by atoms with E-state index in [0.717, 1.165) is 24.3 Å². The quantitative estimate of drug-likeness (QED) is 0.649. The molecule has 0 spiro atoms. The number of aryl methyl sites for hydroxylation is 3. The van der Waals surface area contributed by atoms with E-state index in [2.05, 4.69) is 60.9 Å². The van der Waals surface area contributed by atoms with Gasteiger partial charge in [0.15, 0.2) is 0 Å². The van der Waals surface area contributed by atoms with Crippen LogP contribution in [0.1, 0.15) is 22.5 Å². The highest BCUT2D eigenvalue weighted by molar-refractivity contribution is 6.17. The minimum absolute atomic E-state index is 0.593. The molecular weight excluding hydrogens is 280 g/mol. The van der Waals surface area contributed by atoms with Crippen molar-refractivity contribution in [3.8, 4) is 0 Å². The van der Waals surface area contributed by atoms with Crippen LogP contribution in [0.15, 0.2) is 42.5 Å². The smallest absolute Gasteiger partial charge is 0.111 e. The number of rotatable bonds is 4. The Kier molecular flexibility index (Phi) is 3.98. The first kappa shape index (κ1) is 14.2. The zero-order valence-corrected chi connectivity index (χ0v) is 13.2. The maximum absolute atomic E-state index is 5.95. The van der Waals surface area contributed by atoms with Crippen molar-refractivity contribution >= 4 is 22.6 Å². The number of halogens is 1. The van der Waals surface area contributed by atoms with Gasteiger partial charge < -0.3 is 4.57 Å². The number of alkyl halides is 1. The summed E-state index contributed by atoms with van der Waals surface area (Å²) in [5, 5.41) is 0. The maximum Gasteiger partial charge on any atom is 0.111 e. The van der Waals surface area contributed by atoms with Crippen LogP contribution in [0.3, 0.4) is 0 Å². The molecule has 0 aliphatic rings. The number of hydrogen-bond acceptors (Lipinski definition) is 1. The summed E-state index contributed by atoms with van der Waals surface area (Å²) in [6.07, 6.45) is 0.793. The lowest BCUT2D eigenvalue weighted by atomic mass is 10.1. The van der Waals surface area contributed by atoms with Crippen LogP contribution in [0.2, 0.25) is 0 Å². The average molecular weight is 299 g/mol. The molecule has 0 radical (unpaired) electrons. The van der Waals surface area contributed by atoms with Crippen molar-refractivity contribution < 1.29 is 0 Å². The second kappa shape index (κ2) is 5.90. The molecular formula is C18H19ClN2. The summed E-state index contributed by atoms with van der Waals surface area (Å²) in [6.45, 7) is 5.11. The Morgan fingerprint density at radius 2 is 1.90 bits per heavy atom. The van der Waals surface area contributed by atoms with Crippen molar-refractivity contribution in [2.24, 2.45) is 0 Å². The number of hydrogen-bond donors (Lipinski definition) is 0. The molecule has 3 heteroatoms. The lowest BCUT2D eigenvalue weighted by Gasteiger charge is -2.10. The highest BCUT2D eigenvalue weighted by Gasteiger charge is 2.12. The van der Waals surface area contributed by atoms with E-state index in [4.69, 9.17) is 16.6 Å². The zero-order chi connectivity index (χ0) is 14.8. The highest BCUT2D eigenvalue weighted by Crippen LogP contribution is 2.22. The van der Waals surface area contributed by atoms with Gasteiger partial charge in [0.1, 0.15) is 5.82 Å². The fraction of sp³-hybridized carbons (Fsp3) is 0.278. The minimum atomic E-state index is 0.593. The van der Waals surface area contributed by atoms with Gasteiger partial charge in [-0.25, -0.2) is 4.98 Å². The molecule has 0 amide bonds. The number of fused-ring (bicyclic) bond motifs is 1. The molecule has 0 fully saturated rings. The summed E-state index contributed by atoms with van der Waals surface area (Å²) in [5.74, 6) is 1.66. The predicted molar refractivity (Wildman–Crippen MR) is 89.2 cm³/mol. The van der Waals surface area contributed by atoms with Gasteiger partial charge in [-0.1, -0.05) is 42.0 Å². The van der Waals surface area contributed by atoms with Gasteiger partial charge in [-0.15, -0.1) is 11.6 Å². The fourth-order valence-corrected chi connectivity index (χ4v) is 3.02. The summed E-state index contributed by atoms with van der Waals surface area (Å²) in [4.78, 5) is 4.76. The van der Waals surface area contributed by atoms with Crippen LogP contribution in [0.5, 0.6) is 0 Å². The second-order valence-corrected chi connectivity index (χ2v) is 5.86. The minimum Gasteiger partial charge on any atom is -0.323 e. The van der Waals surface area contributed by atoms with E-state index in [9.17, 15) is 0 Å². The summed E-state index contributed by atoms with van der Waals surface area (Å²) in [5.41, 5.74) is 6.12. The van der Waals surface area contributed by atoms with Crippen LogP contribution < -0.4 is 0 Å². The average Bonchev–Trinajstić information content (AvgIpc) is 2.79. The van der Waals surface area contributed by atoms with E-state index >= 15 is 0 Å². The first-order chi connectivity index (χ1) is 10.2. The van der Waals surface area contributed by atoms with E-state index in [-0.39, 0.29) is 0 Å². The molecule has 2 aromatic carbocycles. The molecule has 0 aliphatic carbocycles. The summed E-state index contributed by atoms with van der Waals surface area (Å²) in [6, 6.07) is 14.9. The Morgan fingerprint density at radius 1 is 1.10 bits per heavy atom. The van der Waals surface area contributed by atoms with Crippen molar-refractivity contribution in [1.29, 1.82) is 0 Å². The Balaban J connectivity index is 2.12. The molecule has 0 saturated carbocycles. The molecule has 1 heterocycles. The van der Waals surface area contributed by atoms with Crippen LogP contribution in [0.25, 0.3) is 11.0 Å². The largest absolute Gasteiger partial charge is 0.323 e. The van der Waals surface area contributed by atoms with E-state index in [1.165, 1.54) is 22.2 Å². The van der Waals surface area contributed by atoms with Crippen LogP contribution in [-0.4, -0.2) is 15.4 Å². The number of para-hydroxylation sites is 1. The SMILES string of the molecule is Cc1cccc(Cn2c(CCCl)nc3cccc(C)c32)c1. The summed E-state index contributed by atoms with van der Waals surface area (Å²) >= 11 is 5.95. The summed E-state index contributed by atoms with van der Waals surface area (Å²) in [7, 11) is 0. The Morgan fingerprint density at radius 3 is 2.67 bits per heavy atom. The summed E-state index contributed by atoms with van der Waals surface area (Å²) < 4.78 is 2.31. The fourth-order valence-electron chi connectivity index (χ4n) is 2.85. The van der Waals surface area contributed by atoms with Crippen molar-refractivity contribution in [1.82, 2.24) is 9.55 Å². The molecule has 0 N–H and O–H groups in total. The first-order valence-corrected chi connectivity index (χ1v) is 7.78. The lowest BCUT2D eigenvalue weighted by molar-refractivity contribution is 0.752. The van der Waals surface area contributed by atoms with Gasteiger partial charge in [0.05, 0.1) is 11.0 Å². The molecule has 0 unspecified atom stereocenters. The van der Waals surface area contributed by atoms with Gasteiger partial charge in [-0.2, -0.15) is 0 Å². The third-order valence-electron chi connectivity index (χ3n) is 3.79. The van der Waals surface area contributed by atoms with Crippen LogP contribution in [0, 0.1) is 13.8 Å². The van der Waals surface area contributed by atoms with E-state index in [1.807, 2.05) is 0 Å². The molecule has 21 heavy (non-hydrogen) atoms.